The van der Waals surface area contributed by atoms with E-state index in [0.29, 0.717) is 5.92 Å². The maximum Gasteiger partial charge on any atom is 0.0516 e. The van der Waals surface area contributed by atoms with Crippen molar-refractivity contribution in [3.63, 3.8) is 0 Å². The van der Waals surface area contributed by atoms with E-state index in [1.807, 2.05) is 0 Å². The summed E-state index contributed by atoms with van der Waals surface area (Å²) >= 11 is 7.65. The Morgan fingerprint density at radius 1 is 0.893 bits per heavy atom. The average molecular weight is 496 g/mol. The summed E-state index contributed by atoms with van der Waals surface area (Å²) in [5.41, 5.74) is 8.89. The first kappa shape index (κ1) is 18.6. The van der Waals surface area contributed by atoms with Gasteiger partial charge in [-0.15, -0.1) is 0 Å². The van der Waals surface area contributed by atoms with Crippen molar-refractivity contribution in [2.45, 2.75) is 44.4 Å². The number of benzene rings is 2. The van der Waals surface area contributed by atoms with Gasteiger partial charge in [0.2, 0.25) is 0 Å². The number of halogens is 2. The topological polar surface area (TPSA) is 0 Å². The highest BCUT2D eigenvalue weighted by molar-refractivity contribution is 9.11. The number of hydrogen-bond acceptors (Lipinski definition) is 0. The zero-order valence-corrected chi connectivity index (χ0v) is 19.3. The van der Waals surface area contributed by atoms with E-state index in [9.17, 15) is 0 Å². The first-order valence-corrected chi connectivity index (χ1v) is 11.8. The third-order valence-corrected chi connectivity index (χ3v) is 7.90. The van der Waals surface area contributed by atoms with Crippen LogP contribution in [0.3, 0.4) is 0 Å². The Kier molecular flexibility index (Phi) is 4.76. The van der Waals surface area contributed by atoms with Gasteiger partial charge in [-0.1, -0.05) is 87.3 Å². The number of allylic oxidation sites excluding steroid dienone is 6. The van der Waals surface area contributed by atoms with E-state index >= 15 is 0 Å². The van der Waals surface area contributed by atoms with E-state index in [2.05, 4.69) is 99.5 Å². The van der Waals surface area contributed by atoms with Crippen molar-refractivity contribution in [1.82, 2.24) is 0 Å². The molecule has 2 aromatic carbocycles. The first-order chi connectivity index (χ1) is 13.6. The van der Waals surface area contributed by atoms with Crippen LogP contribution in [0.4, 0.5) is 0 Å². The molecule has 0 radical (unpaired) electrons. The van der Waals surface area contributed by atoms with Gasteiger partial charge in [0.25, 0.3) is 0 Å². The van der Waals surface area contributed by atoms with Gasteiger partial charge in [0.15, 0.2) is 0 Å². The third kappa shape index (κ3) is 2.75. The summed E-state index contributed by atoms with van der Waals surface area (Å²) in [7, 11) is 0. The van der Waals surface area contributed by atoms with E-state index in [1.165, 1.54) is 36.8 Å². The molecule has 0 fully saturated rings. The smallest absolute Gasteiger partial charge is 0.0516 e. The van der Waals surface area contributed by atoms with Crippen LogP contribution in [0, 0.1) is 5.92 Å². The minimum Gasteiger partial charge on any atom is -0.0804 e. The summed E-state index contributed by atoms with van der Waals surface area (Å²) in [6.07, 6.45) is 13.0. The summed E-state index contributed by atoms with van der Waals surface area (Å²) in [5, 5.41) is 0. The molecule has 0 aliphatic heterocycles. The normalized spacial score (nSPS) is 28.0. The van der Waals surface area contributed by atoms with Crippen molar-refractivity contribution < 1.29 is 0 Å². The molecule has 28 heavy (non-hydrogen) atoms. The Morgan fingerprint density at radius 3 is 2.61 bits per heavy atom. The molecule has 0 amide bonds. The summed E-state index contributed by atoms with van der Waals surface area (Å²) < 4.78 is 2.50. The second-order valence-corrected chi connectivity index (χ2v) is 10.2. The molecule has 2 heteroatoms. The SMILES string of the molecule is CC1/C=C(/Br)CCc2ccccc2C12C1=CCCC=C1Cc1ccc(Br)cc12. The molecule has 0 saturated heterocycles. The quantitative estimate of drug-likeness (QED) is 0.349. The lowest BCUT2D eigenvalue weighted by Crippen LogP contribution is -2.43. The number of fused-ring (bicyclic) bond motifs is 6. The standard InChI is InChI=1S/C26H24Br2/c1-17-14-21(27)12-10-18-6-2-4-8-23(18)26(17)24-9-5-3-7-19(24)15-20-11-13-22(28)16-25(20)26/h2,4,6-9,11,13-14,16-17H,3,5,10,12,15H2,1H3/b21-14+. The van der Waals surface area contributed by atoms with Gasteiger partial charge in [0.05, 0.1) is 5.41 Å². The molecule has 0 nitrogen and oxygen atoms in total. The van der Waals surface area contributed by atoms with Crippen LogP contribution in [0.1, 0.15) is 48.4 Å². The Balaban J connectivity index is 1.93. The Labute approximate surface area is 184 Å². The summed E-state index contributed by atoms with van der Waals surface area (Å²) in [6.45, 7) is 2.41. The van der Waals surface area contributed by atoms with Gasteiger partial charge in [-0.2, -0.15) is 0 Å². The summed E-state index contributed by atoms with van der Waals surface area (Å²) in [4.78, 5) is 0. The molecule has 2 aromatic rings. The molecular formula is C26H24Br2. The van der Waals surface area contributed by atoms with Gasteiger partial charge in [-0.05, 0) is 88.0 Å². The second kappa shape index (κ2) is 7.15. The minimum atomic E-state index is -0.125. The Bertz CT molecular complexity index is 1040. The zero-order chi connectivity index (χ0) is 19.3. The molecule has 3 aliphatic rings. The third-order valence-electron chi connectivity index (χ3n) is 6.74. The average Bonchev–Trinajstić information content (AvgIpc) is 2.70. The highest BCUT2D eigenvalue weighted by Gasteiger charge is 2.48. The number of aryl methyl sites for hydroxylation is 1. The van der Waals surface area contributed by atoms with E-state index in [-0.39, 0.29) is 5.41 Å². The van der Waals surface area contributed by atoms with Gasteiger partial charge in [-0.25, -0.2) is 0 Å². The maximum absolute atomic E-state index is 3.88. The lowest BCUT2D eigenvalue weighted by atomic mass is 9.54. The first-order valence-electron chi connectivity index (χ1n) is 10.2. The minimum absolute atomic E-state index is 0.125. The van der Waals surface area contributed by atoms with Crippen LogP contribution in [0.2, 0.25) is 0 Å². The van der Waals surface area contributed by atoms with Crippen LogP contribution < -0.4 is 0 Å². The molecule has 1 spiro atoms. The van der Waals surface area contributed by atoms with E-state index < -0.39 is 0 Å². The Morgan fingerprint density at radius 2 is 1.71 bits per heavy atom. The van der Waals surface area contributed by atoms with Crippen LogP contribution in [-0.2, 0) is 18.3 Å². The van der Waals surface area contributed by atoms with Crippen molar-refractivity contribution in [2.24, 2.45) is 5.92 Å². The molecule has 0 N–H and O–H groups in total. The predicted octanol–water partition coefficient (Wildman–Crippen LogP) is 7.80. The number of hydrogen-bond donors (Lipinski definition) is 0. The van der Waals surface area contributed by atoms with Crippen LogP contribution in [0.5, 0.6) is 0 Å². The van der Waals surface area contributed by atoms with E-state index in [0.717, 1.165) is 32.1 Å². The van der Waals surface area contributed by atoms with Crippen molar-refractivity contribution in [3.05, 3.63) is 103 Å². The highest BCUT2D eigenvalue weighted by atomic mass is 79.9. The fourth-order valence-corrected chi connectivity index (χ4v) is 6.57. The largest absolute Gasteiger partial charge is 0.0804 e. The maximum atomic E-state index is 3.88. The fourth-order valence-electron chi connectivity index (χ4n) is 5.61. The molecule has 142 valence electrons. The van der Waals surface area contributed by atoms with Crippen LogP contribution in [0.15, 0.2) is 80.8 Å². The van der Waals surface area contributed by atoms with Gasteiger partial charge in [-0.3, -0.25) is 0 Å². The van der Waals surface area contributed by atoms with Gasteiger partial charge in [0, 0.05) is 4.47 Å². The molecule has 5 rings (SSSR count). The molecule has 2 atom stereocenters. The van der Waals surface area contributed by atoms with Crippen LogP contribution >= 0.6 is 31.9 Å². The fraction of sp³-hybridized carbons (Fsp3) is 0.308. The predicted molar refractivity (Wildman–Crippen MR) is 125 cm³/mol. The summed E-state index contributed by atoms with van der Waals surface area (Å²) in [6, 6.07) is 16.1. The van der Waals surface area contributed by atoms with Crippen molar-refractivity contribution >= 4 is 31.9 Å². The molecule has 3 aliphatic carbocycles. The van der Waals surface area contributed by atoms with Gasteiger partial charge >= 0.3 is 0 Å². The lowest BCUT2D eigenvalue weighted by Gasteiger charge is -2.49. The summed E-state index contributed by atoms with van der Waals surface area (Å²) in [5.74, 6) is 0.365. The molecule has 0 saturated carbocycles. The van der Waals surface area contributed by atoms with E-state index in [4.69, 9.17) is 0 Å². The molecular weight excluding hydrogens is 472 g/mol. The molecule has 2 unspecified atom stereocenters. The van der Waals surface area contributed by atoms with Crippen molar-refractivity contribution in [3.8, 4) is 0 Å². The van der Waals surface area contributed by atoms with Crippen molar-refractivity contribution in [1.29, 1.82) is 0 Å². The molecule has 0 bridgehead atoms. The molecule has 0 heterocycles. The van der Waals surface area contributed by atoms with E-state index in [1.54, 1.807) is 5.57 Å². The van der Waals surface area contributed by atoms with Gasteiger partial charge in [0.1, 0.15) is 0 Å². The zero-order valence-electron chi connectivity index (χ0n) is 16.1. The van der Waals surface area contributed by atoms with Crippen LogP contribution in [-0.4, -0.2) is 0 Å². The number of rotatable bonds is 0. The monoisotopic (exact) mass is 494 g/mol. The Hall–Kier alpha value is -1.38. The lowest BCUT2D eigenvalue weighted by molar-refractivity contribution is 0.449. The van der Waals surface area contributed by atoms with Crippen LogP contribution in [0.25, 0.3) is 0 Å². The van der Waals surface area contributed by atoms with Gasteiger partial charge < -0.3 is 0 Å². The molecule has 0 aromatic heterocycles. The van der Waals surface area contributed by atoms with Crippen molar-refractivity contribution in [2.75, 3.05) is 0 Å². The highest BCUT2D eigenvalue weighted by Crippen LogP contribution is 2.56. The second-order valence-electron chi connectivity index (χ2n) is 8.27.